The Morgan fingerprint density at radius 1 is 0.833 bits per heavy atom. The van der Waals surface area contributed by atoms with Gasteiger partial charge < -0.3 is 11.5 Å². The Balaban J connectivity index is -0.000000405. The van der Waals surface area contributed by atoms with Crippen LogP contribution in [0.3, 0.4) is 0 Å². The summed E-state index contributed by atoms with van der Waals surface area (Å²) in [6.45, 7) is 1.49. The summed E-state index contributed by atoms with van der Waals surface area (Å²) < 4.78 is 0. The fourth-order valence-corrected chi connectivity index (χ4v) is 1.52. The van der Waals surface area contributed by atoms with Crippen LogP contribution in [0, 0.1) is 0 Å². The van der Waals surface area contributed by atoms with Gasteiger partial charge in [-0.1, -0.05) is 0 Å². The molecule has 0 saturated heterocycles. The molecule has 76 valence electrons. The lowest BCUT2D eigenvalue weighted by atomic mass is 10.8. The molecule has 0 fully saturated rings. The van der Waals surface area contributed by atoms with E-state index in [-0.39, 0.29) is 24.8 Å². The second kappa shape index (κ2) is 17.9. The van der Waals surface area contributed by atoms with Crippen molar-refractivity contribution >= 4 is 48.3 Å². The van der Waals surface area contributed by atoms with Crippen LogP contribution in [0.2, 0.25) is 0 Å². The average molecular weight is 251 g/mol. The Kier molecular flexibility index (Phi) is 27.8. The van der Waals surface area contributed by atoms with Gasteiger partial charge in [0.05, 0.1) is 0 Å². The molecular formula is C6H16Cl2N2S2. The largest absolute Gasteiger partial charge is 0.330 e. The molecule has 0 aliphatic heterocycles. The topological polar surface area (TPSA) is 52.0 Å². The lowest BCUT2D eigenvalue weighted by Gasteiger charge is -1.89. The van der Waals surface area contributed by atoms with Crippen molar-refractivity contribution in [1.29, 1.82) is 0 Å². The van der Waals surface area contributed by atoms with Gasteiger partial charge in [0.2, 0.25) is 0 Å². The van der Waals surface area contributed by atoms with Crippen molar-refractivity contribution in [1.82, 2.24) is 0 Å². The lowest BCUT2D eigenvalue weighted by molar-refractivity contribution is 1.15. The Morgan fingerprint density at radius 3 is 1.42 bits per heavy atom. The lowest BCUT2D eigenvalue weighted by Crippen LogP contribution is -2.00. The molecule has 0 radical (unpaired) electrons. The Bertz CT molecular complexity index is 83.6. The molecule has 0 saturated carbocycles. The van der Waals surface area contributed by atoms with Crippen molar-refractivity contribution in [3.05, 3.63) is 10.8 Å². The molecule has 0 aromatic carbocycles. The van der Waals surface area contributed by atoms with Crippen LogP contribution in [-0.2, 0) is 0 Å². The van der Waals surface area contributed by atoms with Gasteiger partial charge in [-0.2, -0.15) is 0 Å². The highest BCUT2D eigenvalue weighted by Crippen LogP contribution is 2.06. The van der Waals surface area contributed by atoms with Gasteiger partial charge in [0.1, 0.15) is 0 Å². The van der Waals surface area contributed by atoms with Crippen LogP contribution in [0.4, 0.5) is 0 Å². The van der Waals surface area contributed by atoms with E-state index in [9.17, 15) is 0 Å². The van der Waals surface area contributed by atoms with Crippen LogP contribution in [0.1, 0.15) is 0 Å². The van der Waals surface area contributed by atoms with Gasteiger partial charge in [-0.15, -0.1) is 48.3 Å². The highest BCUT2D eigenvalue weighted by molar-refractivity contribution is 8.05. The zero-order valence-corrected chi connectivity index (χ0v) is 10.0. The van der Waals surface area contributed by atoms with Crippen LogP contribution in [0.5, 0.6) is 0 Å². The molecule has 0 atom stereocenters. The van der Waals surface area contributed by atoms with E-state index >= 15 is 0 Å². The van der Waals surface area contributed by atoms with Gasteiger partial charge in [-0.25, -0.2) is 0 Å². The number of rotatable bonds is 6. The van der Waals surface area contributed by atoms with E-state index in [0.717, 1.165) is 24.6 Å². The first kappa shape index (κ1) is 18.7. The van der Waals surface area contributed by atoms with Gasteiger partial charge in [0.25, 0.3) is 0 Å². The predicted octanol–water partition coefficient (Wildman–Crippen LogP) is 1.69. The van der Waals surface area contributed by atoms with E-state index < -0.39 is 0 Å². The molecule has 0 aliphatic carbocycles. The molecule has 0 aromatic heterocycles. The minimum atomic E-state index is 0. The summed E-state index contributed by atoms with van der Waals surface area (Å²) in [7, 11) is 0. The van der Waals surface area contributed by atoms with Crippen molar-refractivity contribution in [2.75, 3.05) is 24.6 Å². The third-order valence-electron chi connectivity index (χ3n) is 0.719. The van der Waals surface area contributed by atoms with Gasteiger partial charge in [0, 0.05) is 24.6 Å². The Labute approximate surface area is 95.1 Å². The van der Waals surface area contributed by atoms with Crippen LogP contribution < -0.4 is 11.5 Å². The third-order valence-corrected chi connectivity index (χ3v) is 2.49. The molecule has 0 unspecified atom stereocenters. The maximum absolute atomic E-state index is 5.29. The summed E-state index contributed by atoms with van der Waals surface area (Å²) in [6, 6.07) is 0. The van der Waals surface area contributed by atoms with Gasteiger partial charge in [-0.3, -0.25) is 0 Å². The van der Waals surface area contributed by atoms with Crippen molar-refractivity contribution in [3.8, 4) is 0 Å². The smallest absolute Gasteiger partial charge is 0.00975 e. The molecule has 6 heteroatoms. The normalized spacial score (nSPS) is 9.17. The summed E-state index contributed by atoms with van der Waals surface area (Å²) in [5.41, 5.74) is 10.6. The SMILES string of the molecule is Cl.Cl.NCCS/C=C/SCCN. The summed E-state index contributed by atoms with van der Waals surface area (Å²) in [4.78, 5) is 0. The standard InChI is InChI=1S/C6H14N2S2.2ClH/c7-1-3-9-5-6-10-4-2-8;;/h5-6H,1-4,7-8H2;2*1H/b6-5+;;. The molecule has 2 nitrogen and oxygen atoms in total. The van der Waals surface area contributed by atoms with Gasteiger partial charge in [-0.05, 0) is 10.8 Å². The van der Waals surface area contributed by atoms with Crippen molar-refractivity contribution in [2.45, 2.75) is 0 Å². The second-order valence-electron chi connectivity index (χ2n) is 1.59. The zero-order valence-electron chi connectivity index (χ0n) is 6.77. The fraction of sp³-hybridized carbons (Fsp3) is 0.667. The first-order valence-electron chi connectivity index (χ1n) is 3.20. The number of halogens is 2. The molecule has 0 heterocycles. The zero-order chi connectivity index (χ0) is 7.66. The minimum absolute atomic E-state index is 0. The first-order valence-corrected chi connectivity index (χ1v) is 5.30. The molecule has 0 rings (SSSR count). The Morgan fingerprint density at radius 2 is 1.17 bits per heavy atom. The number of nitrogens with two attached hydrogens (primary N) is 2. The highest BCUT2D eigenvalue weighted by atomic mass is 35.5. The third kappa shape index (κ3) is 17.1. The van der Waals surface area contributed by atoms with Crippen molar-refractivity contribution in [2.24, 2.45) is 11.5 Å². The molecule has 12 heavy (non-hydrogen) atoms. The maximum atomic E-state index is 5.29. The van der Waals surface area contributed by atoms with E-state index in [4.69, 9.17) is 11.5 Å². The van der Waals surface area contributed by atoms with E-state index in [0.29, 0.717) is 0 Å². The van der Waals surface area contributed by atoms with Crippen LogP contribution in [0.25, 0.3) is 0 Å². The molecule has 0 bridgehead atoms. The van der Waals surface area contributed by atoms with Crippen LogP contribution in [0.15, 0.2) is 10.8 Å². The number of hydrogen-bond acceptors (Lipinski definition) is 4. The van der Waals surface area contributed by atoms with Crippen LogP contribution >= 0.6 is 48.3 Å². The van der Waals surface area contributed by atoms with E-state index in [1.807, 2.05) is 0 Å². The van der Waals surface area contributed by atoms with Crippen molar-refractivity contribution < 1.29 is 0 Å². The summed E-state index contributed by atoms with van der Waals surface area (Å²) in [5, 5.41) is 4.13. The van der Waals surface area contributed by atoms with E-state index in [2.05, 4.69) is 10.8 Å². The average Bonchev–Trinajstić information content (AvgIpc) is 1.97. The molecule has 4 N–H and O–H groups in total. The summed E-state index contributed by atoms with van der Waals surface area (Å²) in [5.74, 6) is 2.00. The molecule has 0 aromatic rings. The monoisotopic (exact) mass is 250 g/mol. The van der Waals surface area contributed by atoms with Gasteiger partial charge >= 0.3 is 0 Å². The quantitative estimate of drug-likeness (QED) is 0.705. The number of thioether (sulfide) groups is 2. The summed E-state index contributed by atoms with van der Waals surface area (Å²) >= 11 is 3.47. The first-order chi connectivity index (χ1) is 4.91. The fourth-order valence-electron chi connectivity index (χ4n) is 0.351. The molecule has 0 aliphatic rings. The van der Waals surface area contributed by atoms with E-state index in [1.54, 1.807) is 23.5 Å². The summed E-state index contributed by atoms with van der Waals surface area (Å²) in [6.07, 6.45) is 0. The maximum Gasteiger partial charge on any atom is 0.00975 e. The minimum Gasteiger partial charge on any atom is -0.330 e. The molecule has 0 amide bonds. The highest BCUT2D eigenvalue weighted by Gasteiger charge is 1.79. The second-order valence-corrected chi connectivity index (χ2v) is 3.62. The Hall–Kier alpha value is 0.940. The predicted molar refractivity (Wildman–Crippen MR) is 66.7 cm³/mol. The molecule has 0 spiro atoms. The van der Waals surface area contributed by atoms with Gasteiger partial charge in [0.15, 0.2) is 0 Å². The number of hydrogen-bond donors (Lipinski definition) is 2. The van der Waals surface area contributed by atoms with Crippen molar-refractivity contribution in [3.63, 3.8) is 0 Å². The van der Waals surface area contributed by atoms with Crippen LogP contribution in [-0.4, -0.2) is 24.6 Å². The molecular weight excluding hydrogens is 235 g/mol. The van der Waals surface area contributed by atoms with E-state index in [1.165, 1.54) is 0 Å².